The van der Waals surface area contributed by atoms with E-state index in [1.807, 2.05) is 56.3 Å². The molecule has 0 aliphatic carbocycles. The van der Waals surface area contributed by atoms with Crippen LogP contribution in [0.25, 0.3) is 28.0 Å². The molecule has 5 aromatic rings. The van der Waals surface area contributed by atoms with E-state index < -0.39 is 23.4 Å². The van der Waals surface area contributed by atoms with Gasteiger partial charge >= 0.3 is 11.6 Å². The van der Waals surface area contributed by atoms with Gasteiger partial charge in [-0.3, -0.25) is 4.98 Å². The summed E-state index contributed by atoms with van der Waals surface area (Å²) in [5, 5.41) is 3.10. The van der Waals surface area contributed by atoms with E-state index in [-0.39, 0.29) is 11.5 Å². The van der Waals surface area contributed by atoms with Gasteiger partial charge in [0.05, 0.1) is 5.56 Å². The van der Waals surface area contributed by atoms with Crippen molar-refractivity contribution in [2.75, 3.05) is 5.73 Å². The van der Waals surface area contributed by atoms with Crippen LogP contribution in [0.1, 0.15) is 29.9 Å². The van der Waals surface area contributed by atoms with Crippen LogP contribution in [0.15, 0.2) is 65.5 Å². The fourth-order valence-electron chi connectivity index (χ4n) is 4.42. The molecule has 0 spiro atoms. The first kappa shape index (κ1) is 22.4. The number of nitrogens with zero attached hydrogens (tertiary/aromatic N) is 4. The number of hydrogen-bond donors (Lipinski definition) is 2. The number of benzene rings is 2. The minimum atomic E-state index is -0.841. The highest BCUT2D eigenvalue weighted by Crippen LogP contribution is 2.33. The third-order valence-corrected chi connectivity index (χ3v) is 5.99. The van der Waals surface area contributed by atoms with Crippen molar-refractivity contribution >= 4 is 11.6 Å². The van der Waals surface area contributed by atoms with E-state index in [0.717, 1.165) is 40.7 Å². The largest absolute Gasteiger partial charge is 0.428 e. The lowest BCUT2D eigenvalue weighted by Gasteiger charge is -2.10. The number of nitrogens with two attached hydrogens (primary N) is 1. The van der Waals surface area contributed by atoms with Crippen molar-refractivity contribution < 1.29 is 13.2 Å². The molecule has 3 aromatic heterocycles. The van der Waals surface area contributed by atoms with E-state index in [1.54, 1.807) is 6.92 Å². The summed E-state index contributed by atoms with van der Waals surface area (Å²) >= 11 is 0. The normalized spacial score (nSPS) is 12.3. The standard InChI is InChI=1S/C26H22F2N6O/c1-14-11-18(12-15(2)30-14)22-23(17-7-5-4-6-8-17)31-25(29)33-24(22)32-34(26(33)35)16(3)20-13-19(27)9-10-21(20)28/h4-13,16H,1-3H3,(H2,29,30,31,32)/p+1. The molecule has 1 unspecified atom stereocenters. The molecule has 0 bridgehead atoms. The molecule has 3 N–H and O–H groups in total. The topological polar surface area (TPSA) is 93.7 Å². The number of rotatable bonds is 4. The summed E-state index contributed by atoms with van der Waals surface area (Å²) < 4.78 is 30.9. The minimum Gasteiger partial charge on any atom is -0.319 e. The minimum absolute atomic E-state index is 0.0305. The van der Waals surface area contributed by atoms with Crippen LogP contribution in [0.2, 0.25) is 0 Å². The van der Waals surface area contributed by atoms with Crippen molar-refractivity contribution in [2.45, 2.75) is 26.8 Å². The molecule has 0 fully saturated rings. The molecule has 5 rings (SSSR count). The fraction of sp³-hybridized carbons (Fsp3) is 0.154. The van der Waals surface area contributed by atoms with Gasteiger partial charge in [0.25, 0.3) is 0 Å². The number of aryl methyl sites for hydroxylation is 2. The van der Waals surface area contributed by atoms with Gasteiger partial charge in [0.1, 0.15) is 23.4 Å². The summed E-state index contributed by atoms with van der Waals surface area (Å²) in [7, 11) is 0. The molecule has 7 nitrogen and oxygen atoms in total. The number of halogens is 2. The lowest BCUT2D eigenvalue weighted by molar-refractivity contribution is -0.516. The predicted molar refractivity (Wildman–Crippen MR) is 129 cm³/mol. The lowest BCUT2D eigenvalue weighted by Crippen LogP contribution is -2.45. The number of aromatic nitrogens is 5. The number of nitrogens with one attached hydrogen (secondary N) is 1. The van der Waals surface area contributed by atoms with Crippen LogP contribution in [-0.4, -0.2) is 19.7 Å². The summed E-state index contributed by atoms with van der Waals surface area (Å²) in [4.78, 5) is 22.5. The first-order valence-corrected chi connectivity index (χ1v) is 11.1. The van der Waals surface area contributed by atoms with Crippen molar-refractivity contribution in [3.05, 3.63) is 99.7 Å². The Balaban J connectivity index is 1.86. The highest BCUT2D eigenvalue weighted by Gasteiger charge is 2.29. The summed E-state index contributed by atoms with van der Waals surface area (Å²) in [6, 6.07) is 15.6. The second kappa shape index (κ2) is 8.43. The zero-order valence-corrected chi connectivity index (χ0v) is 19.4. The maximum Gasteiger partial charge on any atom is 0.428 e. The highest BCUT2D eigenvalue weighted by molar-refractivity contribution is 5.88. The van der Waals surface area contributed by atoms with E-state index in [2.05, 4.69) is 15.1 Å². The molecule has 9 heteroatoms. The number of fused-ring (bicyclic) bond motifs is 1. The molecule has 3 heterocycles. The summed E-state index contributed by atoms with van der Waals surface area (Å²) in [5.74, 6) is -1.25. The SMILES string of the molecule is Cc1cc(-c2c(-c3ccccc3)nc(N)[n+]3c(=O)n(C(C)c4cc(F)ccc4F)[nH]c23)cc(C)n1. The van der Waals surface area contributed by atoms with E-state index in [0.29, 0.717) is 16.9 Å². The van der Waals surface area contributed by atoms with Gasteiger partial charge in [-0.05, 0) is 56.7 Å². The van der Waals surface area contributed by atoms with E-state index in [1.165, 1.54) is 9.08 Å². The molecular weight excluding hydrogens is 450 g/mol. The second-order valence-electron chi connectivity index (χ2n) is 8.49. The molecule has 0 amide bonds. The quantitative estimate of drug-likeness (QED) is 0.384. The number of H-pyrrole nitrogens is 1. The van der Waals surface area contributed by atoms with E-state index >= 15 is 0 Å². The summed E-state index contributed by atoms with van der Waals surface area (Å²) in [6.45, 7) is 5.38. The van der Waals surface area contributed by atoms with Gasteiger partial charge in [0.2, 0.25) is 5.65 Å². The van der Waals surface area contributed by atoms with E-state index in [9.17, 15) is 13.6 Å². The maximum atomic E-state index is 14.5. The van der Waals surface area contributed by atoms with Crippen LogP contribution in [0, 0.1) is 25.5 Å². The zero-order chi connectivity index (χ0) is 24.9. The average Bonchev–Trinajstić information content (AvgIpc) is 3.17. The van der Waals surface area contributed by atoms with Crippen molar-refractivity contribution in [1.82, 2.24) is 19.7 Å². The number of pyridine rings is 1. The zero-order valence-electron chi connectivity index (χ0n) is 19.4. The number of anilines is 1. The first-order chi connectivity index (χ1) is 16.7. The van der Waals surface area contributed by atoms with Gasteiger partial charge in [-0.1, -0.05) is 30.3 Å². The van der Waals surface area contributed by atoms with Crippen molar-refractivity contribution in [2.24, 2.45) is 0 Å². The molecule has 35 heavy (non-hydrogen) atoms. The van der Waals surface area contributed by atoms with Crippen LogP contribution in [0.3, 0.4) is 0 Å². The maximum absolute atomic E-state index is 14.5. The Morgan fingerprint density at radius 1 is 0.971 bits per heavy atom. The van der Waals surface area contributed by atoms with E-state index in [4.69, 9.17) is 5.73 Å². The molecule has 0 saturated carbocycles. The third kappa shape index (κ3) is 3.84. The summed E-state index contributed by atoms with van der Waals surface area (Å²) in [6.07, 6.45) is 0. The van der Waals surface area contributed by atoms with Gasteiger partial charge in [-0.15, -0.1) is 9.38 Å². The Morgan fingerprint density at radius 2 is 1.66 bits per heavy atom. The highest BCUT2D eigenvalue weighted by atomic mass is 19.1. The lowest BCUT2D eigenvalue weighted by atomic mass is 9.99. The smallest absolute Gasteiger partial charge is 0.319 e. The first-order valence-electron chi connectivity index (χ1n) is 11.1. The third-order valence-electron chi connectivity index (χ3n) is 5.99. The van der Waals surface area contributed by atoms with Crippen LogP contribution >= 0.6 is 0 Å². The average molecular weight is 474 g/mol. The molecule has 2 aromatic carbocycles. The molecule has 176 valence electrons. The Morgan fingerprint density at radius 3 is 2.34 bits per heavy atom. The molecule has 0 aliphatic rings. The second-order valence-corrected chi connectivity index (χ2v) is 8.49. The van der Waals surface area contributed by atoms with Crippen LogP contribution < -0.4 is 15.8 Å². The van der Waals surface area contributed by atoms with Crippen LogP contribution in [0.4, 0.5) is 14.7 Å². The van der Waals surface area contributed by atoms with Crippen molar-refractivity contribution in [3.63, 3.8) is 0 Å². The Bertz CT molecular complexity index is 1620. The number of nitrogen functional groups attached to an aromatic ring is 1. The molecular formula is C26H23F2N6O+. The predicted octanol–water partition coefficient (Wildman–Crippen LogP) is 4.13. The summed E-state index contributed by atoms with van der Waals surface area (Å²) in [5.41, 5.74) is 10.6. The number of hydrogen-bond acceptors (Lipinski definition) is 4. The monoisotopic (exact) mass is 473 g/mol. The van der Waals surface area contributed by atoms with Gasteiger partial charge < -0.3 is 5.73 Å². The fourth-order valence-corrected chi connectivity index (χ4v) is 4.42. The molecule has 0 aliphatic heterocycles. The Hall–Kier alpha value is -4.40. The van der Waals surface area contributed by atoms with Gasteiger partial charge in [0.15, 0.2) is 0 Å². The molecule has 0 saturated heterocycles. The number of aromatic amines is 1. The van der Waals surface area contributed by atoms with Crippen molar-refractivity contribution in [3.8, 4) is 22.4 Å². The van der Waals surface area contributed by atoms with Crippen LogP contribution in [-0.2, 0) is 0 Å². The van der Waals surface area contributed by atoms with Gasteiger partial charge in [-0.25, -0.2) is 18.7 Å². The molecule has 1 atom stereocenters. The van der Waals surface area contributed by atoms with Gasteiger partial charge in [-0.2, -0.15) is 4.68 Å². The Labute approximate surface area is 199 Å². The van der Waals surface area contributed by atoms with Crippen molar-refractivity contribution in [1.29, 1.82) is 0 Å². The Kier molecular flexibility index (Phi) is 5.39. The van der Waals surface area contributed by atoms with Crippen LogP contribution in [0.5, 0.6) is 0 Å². The molecule has 0 radical (unpaired) electrons. The van der Waals surface area contributed by atoms with Gasteiger partial charge in [0, 0.05) is 22.5 Å².